The highest BCUT2D eigenvalue weighted by Gasteiger charge is 2.07. The largest absolute Gasteiger partial charge is 0.478 e. The van der Waals surface area contributed by atoms with E-state index >= 15 is 0 Å². The van der Waals surface area contributed by atoms with Crippen molar-refractivity contribution < 1.29 is 19.5 Å². The lowest BCUT2D eigenvalue weighted by atomic mass is 10.2. The number of carboxylic acid groups (broad SMARTS) is 1. The van der Waals surface area contributed by atoms with Gasteiger partial charge in [0.2, 0.25) is 11.8 Å². The highest BCUT2D eigenvalue weighted by Crippen LogP contribution is 2.21. The van der Waals surface area contributed by atoms with Gasteiger partial charge >= 0.3 is 5.97 Å². The van der Waals surface area contributed by atoms with Crippen molar-refractivity contribution in [2.24, 2.45) is 0 Å². The Morgan fingerprint density at radius 3 is 2.33 bits per heavy atom. The zero-order chi connectivity index (χ0) is 17.5. The van der Waals surface area contributed by atoms with E-state index in [9.17, 15) is 14.4 Å². The molecule has 7 heteroatoms. The summed E-state index contributed by atoms with van der Waals surface area (Å²) in [6, 6.07) is 13.2. The zero-order valence-electron chi connectivity index (χ0n) is 12.9. The van der Waals surface area contributed by atoms with Crippen molar-refractivity contribution >= 4 is 40.9 Å². The van der Waals surface area contributed by atoms with Crippen LogP contribution in [0.4, 0.5) is 11.4 Å². The van der Waals surface area contributed by atoms with E-state index in [1.165, 1.54) is 30.8 Å². The lowest BCUT2D eigenvalue weighted by Gasteiger charge is -2.07. The fourth-order valence-electron chi connectivity index (χ4n) is 1.91. The molecule has 6 nitrogen and oxygen atoms in total. The quantitative estimate of drug-likeness (QED) is 0.700. The topological polar surface area (TPSA) is 95.5 Å². The number of rotatable bonds is 6. The van der Waals surface area contributed by atoms with E-state index in [0.717, 1.165) is 4.90 Å². The second kappa shape index (κ2) is 8.16. The molecule has 0 aliphatic rings. The minimum atomic E-state index is -1.04. The van der Waals surface area contributed by atoms with Gasteiger partial charge in [0.1, 0.15) is 0 Å². The number of hydrogen-bond acceptors (Lipinski definition) is 4. The SMILES string of the molecule is CC(=O)Nc1ccc(SCC(=O)Nc2cccc(C(=O)O)c2)cc1. The fourth-order valence-corrected chi connectivity index (χ4v) is 2.61. The van der Waals surface area contributed by atoms with Gasteiger partial charge < -0.3 is 15.7 Å². The predicted molar refractivity (Wildman–Crippen MR) is 93.5 cm³/mol. The lowest BCUT2D eigenvalue weighted by molar-refractivity contribution is -0.114. The third kappa shape index (κ3) is 5.44. The van der Waals surface area contributed by atoms with Gasteiger partial charge in [-0.25, -0.2) is 4.79 Å². The average Bonchev–Trinajstić information content (AvgIpc) is 2.54. The molecule has 24 heavy (non-hydrogen) atoms. The number of aromatic carboxylic acids is 1. The molecule has 0 aromatic heterocycles. The molecule has 0 spiro atoms. The highest BCUT2D eigenvalue weighted by molar-refractivity contribution is 8.00. The van der Waals surface area contributed by atoms with E-state index < -0.39 is 5.97 Å². The minimum absolute atomic E-state index is 0.119. The van der Waals surface area contributed by atoms with E-state index in [4.69, 9.17) is 5.11 Å². The van der Waals surface area contributed by atoms with Crippen LogP contribution in [0.3, 0.4) is 0 Å². The van der Waals surface area contributed by atoms with Crippen molar-refractivity contribution in [2.75, 3.05) is 16.4 Å². The van der Waals surface area contributed by atoms with Crippen molar-refractivity contribution in [1.82, 2.24) is 0 Å². The monoisotopic (exact) mass is 344 g/mol. The number of carboxylic acids is 1. The van der Waals surface area contributed by atoms with Gasteiger partial charge in [-0.05, 0) is 42.5 Å². The molecule has 2 rings (SSSR count). The van der Waals surface area contributed by atoms with Gasteiger partial charge in [-0.1, -0.05) is 6.07 Å². The van der Waals surface area contributed by atoms with Crippen LogP contribution in [0.15, 0.2) is 53.4 Å². The number of carbonyl (C=O) groups is 3. The molecule has 0 fully saturated rings. The maximum absolute atomic E-state index is 11.9. The molecule has 0 bridgehead atoms. The standard InChI is InChI=1S/C17H16N2O4S/c1-11(20)18-13-5-7-15(8-6-13)24-10-16(21)19-14-4-2-3-12(9-14)17(22)23/h2-9H,10H2,1H3,(H,18,20)(H,19,21)(H,22,23). The zero-order valence-corrected chi connectivity index (χ0v) is 13.7. The summed E-state index contributed by atoms with van der Waals surface area (Å²) in [7, 11) is 0. The molecule has 0 unspecified atom stereocenters. The molecule has 2 amide bonds. The number of hydrogen-bond donors (Lipinski definition) is 3. The second-order valence-corrected chi connectivity index (χ2v) is 5.98. The van der Waals surface area contributed by atoms with E-state index in [0.29, 0.717) is 11.4 Å². The summed E-state index contributed by atoms with van der Waals surface area (Å²) in [5.74, 6) is -1.22. The van der Waals surface area contributed by atoms with Crippen LogP contribution >= 0.6 is 11.8 Å². The van der Waals surface area contributed by atoms with Crippen LogP contribution in [0.1, 0.15) is 17.3 Å². The summed E-state index contributed by atoms with van der Waals surface area (Å²) >= 11 is 1.34. The summed E-state index contributed by atoms with van der Waals surface area (Å²) in [4.78, 5) is 34.7. The molecule has 0 saturated carbocycles. The van der Waals surface area contributed by atoms with Crippen molar-refractivity contribution in [1.29, 1.82) is 0 Å². The Hall–Kier alpha value is -2.80. The van der Waals surface area contributed by atoms with Crippen LogP contribution in [0.25, 0.3) is 0 Å². The van der Waals surface area contributed by atoms with Gasteiger partial charge in [-0.15, -0.1) is 11.8 Å². The maximum Gasteiger partial charge on any atom is 0.335 e. The van der Waals surface area contributed by atoms with Gasteiger partial charge in [-0.3, -0.25) is 9.59 Å². The third-order valence-corrected chi connectivity index (χ3v) is 3.95. The summed E-state index contributed by atoms with van der Waals surface area (Å²) in [6.45, 7) is 1.44. The van der Waals surface area contributed by atoms with Gasteiger partial charge in [0, 0.05) is 23.2 Å². The molecule has 0 aliphatic heterocycles. The first-order valence-corrected chi connectivity index (χ1v) is 8.06. The summed E-state index contributed by atoms with van der Waals surface area (Å²) < 4.78 is 0. The van der Waals surface area contributed by atoms with Crippen LogP contribution in [0.5, 0.6) is 0 Å². The molecule has 2 aromatic carbocycles. The predicted octanol–water partition coefficient (Wildman–Crippen LogP) is 3.07. The van der Waals surface area contributed by atoms with Crippen LogP contribution < -0.4 is 10.6 Å². The fraction of sp³-hybridized carbons (Fsp3) is 0.118. The van der Waals surface area contributed by atoms with Crippen molar-refractivity contribution in [3.8, 4) is 0 Å². The number of nitrogens with one attached hydrogen (secondary N) is 2. The van der Waals surface area contributed by atoms with E-state index in [2.05, 4.69) is 10.6 Å². The van der Waals surface area contributed by atoms with Gasteiger partial charge in [-0.2, -0.15) is 0 Å². The summed E-state index contributed by atoms with van der Waals surface area (Å²) in [5.41, 5.74) is 1.26. The van der Waals surface area contributed by atoms with E-state index in [1.807, 2.05) is 12.1 Å². The molecule has 0 radical (unpaired) electrons. The first kappa shape index (κ1) is 17.6. The van der Waals surface area contributed by atoms with Crippen molar-refractivity contribution in [3.05, 3.63) is 54.1 Å². The Balaban J connectivity index is 1.88. The molecular weight excluding hydrogens is 328 g/mol. The molecule has 0 heterocycles. The summed E-state index contributed by atoms with van der Waals surface area (Å²) in [5, 5.41) is 14.3. The maximum atomic E-state index is 11.9. The molecule has 124 valence electrons. The summed E-state index contributed by atoms with van der Waals surface area (Å²) in [6.07, 6.45) is 0. The molecular formula is C17H16N2O4S. The third-order valence-electron chi connectivity index (χ3n) is 2.94. The van der Waals surface area contributed by atoms with Gasteiger partial charge in [0.05, 0.1) is 11.3 Å². The van der Waals surface area contributed by atoms with Crippen LogP contribution in [-0.4, -0.2) is 28.6 Å². The number of benzene rings is 2. The first-order chi connectivity index (χ1) is 11.4. The van der Waals surface area contributed by atoms with E-state index in [-0.39, 0.29) is 23.1 Å². The highest BCUT2D eigenvalue weighted by atomic mass is 32.2. The number of thioether (sulfide) groups is 1. The number of carbonyl (C=O) groups excluding carboxylic acids is 2. The Morgan fingerprint density at radius 1 is 1.00 bits per heavy atom. The number of amides is 2. The van der Waals surface area contributed by atoms with Gasteiger partial charge in [0.15, 0.2) is 0 Å². The smallest absolute Gasteiger partial charge is 0.335 e. The molecule has 0 saturated heterocycles. The number of anilines is 2. The van der Waals surface area contributed by atoms with Gasteiger partial charge in [0.25, 0.3) is 0 Å². The average molecular weight is 344 g/mol. The molecule has 0 atom stereocenters. The van der Waals surface area contributed by atoms with Crippen molar-refractivity contribution in [2.45, 2.75) is 11.8 Å². The molecule has 2 aromatic rings. The van der Waals surface area contributed by atoms with Crippen molar-refractivity contribution in [3.63, 3.8) is 0 Å². The first-order valence-electron chi connectivity index (χ1n) is 7.08. The Bertz CT molecular complexity index is 759. The van der Waals surface area contributed by atoms with E-state index in [1.54, 1.807) is 24.3 Å². The second-order valence-electron chi connectivity index (χ2n) is 4.93. The minimum Gasteiger partial charge on any atom is -0.478 e. The normalized spacial score (nSPS) is 10.0. The molecule has 3 N–H and O–H groups in total. The van der Waals surface area contributed by atoms with Crippen LogP contribution in [0, 0.1) is 0 Å². The lowest BCUT2D eigenvalue weighted by Crippen LogP contribution is -2.14. The van der Waals surface area contributed by atoms with Crippen LogP contribution in [-0.2, 0) is 9.59 Å². The Kier molecular flexibility index (Phi) is 5.97. The van der Waals surface area contributed by atoms with Crippen LogP contribution in [0.2, 0.25) is 0 Å². The molecule has 0 aliphatic carbocycles. The Labute approximate surface area is 143 Å². The Morgan fingerprint density at radius 2 is 1.71 bits per heavy atom.